The van der Waals surface area contributed by atoms with E-state index in [1.807, 2.05) is 0 Å². The summed E-state index contributed by atoms with van der Waals surface area (Å²) >= 11 is 1.02. The lowest BCUT2D eigenvalue weighted by Gasteiger charge is -2.13. The number of methoxy groups -OCH3 is 2. The largest absolute Gasteiger partial charge is 0.497 e. The highest BCUT2D eigenvalue weighted by Crippen LogP contribution is 2.34. The van der Waals surface area contributed by atoms with Gasteiger partial charge in [0.15, 0.2) is 0 Å². The number of non-ortho nitro benzene ring substituents is 1. The van der Waals surface area contributed by atoms with Crippen LogP contribution in [0.25, 0.3) is 0 Å². The van der Waals surface area contributed by atoms with Gasteiger partial charge in [-0.25, -0.2) is 4.39 Å². The topological polar surface area (TPSA) is 90.7 Å². The van der Waals surface area contributed by atoms with Crippen molar-refractivity contribution in [1.29, 1.82) is 0 Å². The molecule has 0 heterocycles. The first-order chi connectivity index (χ1) is 14.9. The first-order valence-corrected chi connectivity index (χ1v) is 9.94. The number of nitrogens with one attached hydrogen (secondary N) is 1. The lowest BCUT2D eigenvalue weighted by molar-refractivity contribution is -0.384. The summed E-state index contributed by atoms with van der Waals surface area (Å²) in [6.07, 6.45) is 0. The van der Waals surface area contributed by atoms with E-state index in [1.54, 1.807) is 36.4 Å². The standard InChI is InChI=1S/C22H19FN2O5S/c1-29-16-8-9-19(30-2)14(11-16)13-24-22(26)17-12-15(25(27)28)7-10-20(17)31-21-6-4-3-5-18(21)23/h3-12H,13H2,1-2H3,(H,24,26). The Morgan fingerprint density at radius 2 is 1.84 bits per heavy atom. The van der Waals surface area contributed by atoms with Crippen molar-refractivity contribution < 1.29 is 23.6 Å². The fourth-order valence-electron chi connectivity index (χ4n) is 2.83. The third-order valence-electron chi connectivity index (χ3n) is 4.40. The molecule has 0 radical (unpaired) electrons. The smallest absolute Gasteiger partial charge is 0.270 e. The van der Waals surface area contributed by atoms with E-state index in [9.17, 15) is 19.3 Å². The Morgan fingerprint density at radius 3 is 2.52 bits per heavy atom. The molecule has 0 saturated carbocycles. The first kappa shape index (κ1) is 22.1. The number of amides is 1. The lowest BCUT2D eigenvalue weighted by atomic mass is 10.1. The number of rotatable bonds is 8. The number of benzene rings is 3. The summed E-state index contributed by atoms with van der Waals surface area (Å²) in [5.74, 6) is 0.169. The molecule has 1 N–H and O–H groups in total. The van der Waals surface area contributed by atoms with E-state index in [0.29, 0.717) is 26.9 Å². The van der Waals surface area contributed by atoms with Crippen LogP contribution in [0.5, 0.6) is 11.5 Å². The van der Waals surface area contributed by atoms with E-state index in [0.717, 1.165) is 11.8 Å². The van der Waals surface area contributed by atoms with Crippen LogP contribution >= 0.6 is 11.8 Å². The number of nitro groups is 1. The van der Waals surface area contributed by atoms with E-state index in [-0.39, 0.29) is 17.8 Å². The molecule has 0 bridgehead atoms. The van der Waals surface area contributed by atoms with E-state index in [2.05, 4.69) is 5.32 Å². The molecule has 0 saturated heterocycles. The van der Waals surface area contributed by atoms with Crippen molar-refractivity contribution in [2.24, 2.45) is 0 Å². The van der Waals surface area contributed by atoms with Gasteiger partial charge in [0.2, 0.25) is 0 Å². The third kappa shape index (κ3) is 5.32. The van der Waals surface area contributed by atoms with Gasteiger partial charge in [-0.05, 0) is 36.4 Å². The molecule has 0 aromatic heterocycles. The van der Waals surface area contributed by atoms with Crippen LogP contribution < -0.4 is 14.8 Å². The zero-order valence-corrected chi connectivity index (χ0v) is 17.6. The summed E-state index contributed by atoms with van der Waals surface area (Å²) in [6, 6.07) is 15.2. The van der Waals surface area contributed by atoms with E-state index in [1.165, 1.54) is 38.5 Å². The number of carbonyl (C=O) groups excluding carboxylic acids is 1. The Hall–Kier alpha value is -3.59. The molecule has 31 heavy (non-hydrogen) atoms. The molecule has 160 valence electrons. The summed E-state index contributed by atoms with van der Waals surface area (Å²) in [5.41, 5.74) is 0.509. The average molecular weight is 442 g/mol. The molecule has 0 aliphatic rings. The highest BCUT2D eigenvalue weighted by molar-refractivity contribution is 7.99. The van der Waals surface area contributed by atoms with Crippen molar-refractivity contribution in [2.45, 2.75) is 16.3 Å². The predicted octanol–water partition coefficient (Wildman–Crippen LogP) is 4.83. The van der Waals surface area contributed by atoms with Crippen LogP contribution in [0, 0.1) is 15.9 Å². The van der Waals surface area contributed by atoms with Gasteiger partial charge in [0.05, 0.1) is 24.7 Å². The number of hydrogen-bond donors (Lipinski definition) is 1. The summed E-state index contributed by atoms with van der Waals surface area (Å²) in [6.45, 7) is 0.103. The summed E-state index contributed by atoms with van der Waals surface area (Å²) in [7, 11) is 3.04. The second kappa shape index (κ2) is 9.94. The normalized spacial score (nSPS) is 10.4. The maximum absolute atomic E-state index is 14.1. The van der Waals surface area contributed by atoms with E-state index < -0.39 is 16.6 Å². The Morgan fingerprint density at radius 1 is 1.06 bits per heavy atom. The fraction of sp³-hybridized carbons (Fsp3) is 0.136. The molecule has 3 aromatic rings. The van der Waals surface area contributed by atoms with Gasteiger partial charge >= 0.3 is 0 Å². The second-order valence-corrected chi connectivity index (χ2v) is 7.41. The van der Waals surface area contributed by atoms with Crippen LogP contribution in [0.3, 0.4) is 0 Å². The van der Waals surface area contributed by atoms with Crippen LogP contribution in [0.2, 0.25) is 0 Å². The lowest BCUT2D eigenvalue weighted by Crippen LogP contribution is -2.24. The van der Waals surface area contributed by atoms with Crippen molar-refractivity contribution in [1.82, 2.24) is 5.32 Å². The predicted molar refractivity (Wildman–Crippen MR) is 114 cm³/mol. The van der Waals surface area contributed by atoms with Gasteiger partial charge in [-0.1, -0.05) is 23.9 Å². The maximum Gasteiger partial charge on any atom is 0.270 e. The molecule has 0 unspecified atom stereocenters. The Kier molecular flexibility index (Phi) is 7.09. The SMILES string of the molecule is COc1ccc(OC)c(CNC(=O)c2cc([N+](=O)[O-])ccc2Sc2ccccc2F)c1. The molecule has 0 fully saturated rings. The number of carbonyl (C=O) groups is 1. The molecule has 0 aliphatic heterocycles. The number of nitro benzene ring substituents is 1. The molecule has 9 heteroatoms. The number of nitrogens with zero attached hydrogens (tertiary/aromatic N) is 1. The molecule has 0 atom stereocenters. The molecule has 7 nitrogen and oxygen atoms in total. The number of hydrogen-bond acceptors (Lipinski definition) is 6. The Balaban J connectivity index is 1.89. The third-order valence-corrected chi connectivity index (χ3v) is 5.53. The van der Waals surface area contributed by atoms with Crippen molar-refractivity contribution in [2.75, 3.05) is 14.2 Å². The molecule has 3 aromatic carbocycles. The van der Waals surface area contributed by atoms with Gasteiger partial charge in [-0.2, -0.15) is 0 Å². The van der Waals surface area contributed by atoms with E-state index >= 15 is 0 Å². The summed E-state index contributed by atoms with van der Waals surface area (Å²) in [5, 5.41) is 14.0. The van der Waals surface area contributed by atoms with Crippen molar-refractivity contribution in [3.8, 4) is 11.5 Å². The molecular weight excluding hydrogens is 423 g/mol. The minimum Gasteiger partial charge on any atom is -0.497 e. The van der Waals surface area contributed by atoms with Gasteiger partial charge in [-0.3, -0.25) is 14.9 Å². The van der Waals surface area contributed by atoms with Crippen LogP contribution in [0.1, 0.15) is 15.9 Å². The molecule has 0 aliphatic carbocycles. The van der Waals surface area contributed by atoms with Gasteiger partial charge < -0.3 is 14.8 Å². The quantitative estimate of drug-likeness (QED) is 0.397. The van der Waals surface area contributed by atoms with Crippen molar-refractivity contribution >= 4 is 23.4 Å². The van der Waals surface area contributed by atoms with Gasteiger partial charge in [0.25, 0.3) is 11.6 Å². The maximum atomic E-state index is 14.1. The van der Waals surface area contributed by atoms with Crippen LogP contribution in [0.4, 0.5) is 10.1 Å². The zero-order valence-electron chi connectivity index (χ0n) is 16.8. The van der Waals surface area contributed by atoms with Crippen LogP contribution in [0.15, 0.2) is 70.5 Å². The molecular formula is C22H19FN2O5S. The minimum atomic E-state index is -0.584. The number of halogens is 1. The average Bonchev–Trinajstić information content (AvgIpc) is 2.78. The fourth-order valence-corrected chi connectivity index (χ4v) is 3.78. The molecule has 1 amide bonds. The molecule has 3 rings (SSSR count). The van der Waals surface area contributed by atoms with Crippen molar-refractivity contribution in [3.05, 3.63) is 87.7 Å². The first-order valence-electron chi connectivity index (χ1n) is 9.13. The minimum absolute atomic E-state index is 0.0734. The highest BCUT2D eigenvalue weighted by Gasteiger charge is 2.19. The number of ether oxygens (including phenoxy) is 2. The van der Waals surface area contributed by atoms with Crippen LogP contribution in [-0.2, 0) is 6.54 Å². The zero-order chi connectivity index (χ0) is 22.4. The van der Waals surface area contributed by atoms with Crippen molar-refractivity contribution in [3.63, 3.8) is 0 Å². The monoisotopic (exact) mass is 442 g/mol. The van der Waals surface area contributed by atoms with E-state index in [4.69, 9.17) is 9.47 Å². The van der Waals surface area contributed by atoms with Gasteiger partial charge in [0, 0.05) is 34.0 Å². The summed E-state index contributed by atoms with van der Waals surface area (Å²) in [4.78, 5) is 24.3. The van der Waals surface area contributed by atoms with Crippen LogP contribution in [-0.4, -0.2) is 25.1 Å². The van der Waals surface area contributed by atoms with Gasteiger partial charge in [0.1, 0.15) is 17.3 Å². The second-order valence-electron chi connectivity index (χ2n) is 6.33. The molecule has 0 spiro atoms. The summed E-state index contributed by atoms with van der Waals surface area (Å²) < 4.78 is 24.6. The Labute approximate surface area is 182 Å². The highest BCUT2D eigenvalue weighted by atomic mass is 32.2. The Bertz CT molecular complexity index is 1120. The van der Waals surface area contributed by atoms with Gasteiger partial charge in [-0.15, -0.1) is 0 Å².